The maximum atomic E-state index is 10.9. The number of rotatable bonds is 10. The standard InChI is InChI=1S/C19H30O7/c1-5-25-13-10-12(8-6-7-9-20)16(21)15-17(13)26-14(11-22-2)18(23-3)19(15)24-4/h10,14,18-21H,5-9,11H2,1-4H3/t14-,18-,19-/m1/s1. The first-order valence-electron chi connectivity index (χ1n) is 8.96. The zero-order valence-electron chi connectivity index (χ0n) is 16.0. The van der Waals surface area contributed by atoms with Crippen LogP contribution in [0.4, 0.5) is 0 Å². The molecular formula is C19H30O7. The Bertz CT molecular complexity index is 575. The second-order valence-electron chi connectivity index (χ2n) is 6.21. The molecule has 1 aliphatic heterocycles. The number of phenolic OH excluding ortho intramolecular Hbond substituents is 1. The topological polar surface area (TPSA) is 86.6 Å². The average molecular weight is 370 g/mol. The molecule has 1 heterocycles. The fourth-order valence-electron chi connectivity index (χ4n) is 3.37. The molecule has 0 saturated heterocycles. The van der Waals surface area contributed by atoms with Crippen LogP contribution in [0.1, 0.15) is 37.0 Å². The van der Waals surface area contributed by atoms with Crippen molar-refractivity contribution < 1.29 is 33.9 Å². The Morgan fingerprint density at radius 3 is 2.50 bits per heavy atom. The molecule has 148 valence electrons. The van der Waals surface area contributed by atoms with Crippen molar-refractivity contribution >= 4 is 0 Å². The van der Waals surface area contributed by atoms with Crippen molar-refractivity contribution in [3.05, 3.63) is 17.2 Å². The molecule has 0 aromatic heterocycles. The van der Waals surface area contributed by atoms with Crippen LogP contribution in [0.25, 0.3) is 0 Å². The first-order chi connectivity index (χ1) is 12.6. The highest BCUT2D eigenvalue weighted by Crippen LogP contribution is 2.50. The number of aliphatic hydroxyl groups is 1. The van der Waals surface area contributed by atoms with E-state index in [0.717, 1.165) is 12.0 Å². The van der Waals surface area contributed by atoms with E-state index in [4.69, 9.17) is 28.8 Å². The van der Waals surface area contributed by atoms with Crippen LogP contribution in [0.3, 0.4) is 0 Å². The maximum Gasteiger partial charge on any atom is 0.171 e. The molecule has 0 spiro atoms. The van der Waals surface area contributed by atoms with Gasteiger partial charge in [-0.25, -0.2) is 0 Å². The van der Waals surface area contributed by atoms with E-state index < -0.39 is 12.2 Å². The number of benzene rings is 1. The van der Waals surface area contributed by atoms with Crippen LogP contribution in [0.5, 0.6) is 17.2 Å². The number of aliphatic hydroxyl groups excluding tert-OH is 1. The predicted molar refractivity (Wildman–Crippen MR) is 96.1 cm³/mol. The summed E-state index contributed by atoms with van der Waals surface area (Å²) < 4.78 is 28.4. The molecule has 1 aliphatic rings. The molecule has 0 unspecified atom stereocenters. The van der Waals surface area contributed by atoms with E-state index in [0.29, 0.717) is 43.1 Å². The van der Waals surface area contributed by atoms with Gasteiger partial charge in [-0.1, -0.05) is 0 Å². The summed E-state index contributed by atoms with van der Waals surface area (Å²) in [5.41, 5.74) is 1.28. The molecule has 1 aromatic carbocycles. The molecule has 0 aliphatic carbocycles. The van der Waals surface area contributed by atoms with E-state index in [1.54, 1.807) is 27.4 Å². The molecule has 3 atom stereocenters. The molecule has 0 saturated carbocycles. The first-order valence-corrected chi connectivity index (χ1v) is 8.96. The predicted octanol–water partition coefficient (Wildman–Crippen LogP) is 2.22. The van der Waals surface area contributed by atoms with Crippen molar-refractivity contribution in [2.45, 2.75) is 44.5 Å². The van der Waals surface area contributed by atoms with Gasteiger partial charge in [0.15, 0.2) is 17.6 Å². The number of methoxy groups -OCH3 is 3. The summed E-state index contributed by atoms with van der Waals surface area (Å²) >= 11 is 0. The number of ether oxygens (including phenoxy) is 5. The van der Waals surface area contributed by atoms with Gasteiger partial charge in [0.2, 0.25) is 0 Å². The lowest BCUT2D eigenvalue weighted by molar-refractivity contribution is -0.120. The lowest BCUT2D eigenvalue weighted by Crippen LogP contribution is -2.45. The number of hydrogen-bond donors (Lipinski definition) is 2. The molecule has 7 nitrogen and oxygen atoms in total. The van der Waals surface area contributed by atoms with Crippen LogP contribution in [0.2, 0.25) is 0 Å². The minimum Gasteiger partial charge on any atom is -0.507 e. The minimum absolute atomic E-state index is 0.123. The third-order valence-corrected chi connectivity index (χ3v) is 4.56. The monoisotopic (exact) mass is 370 g/mol. The fourth-order valence-corrected chi connectivity index (χ4v) is 3.37. The summed E-state index contributed by atoms with van der Waals surface area (Å²) in [6, 6.07) is 1.80. The van der Waals surface area contributed by atoms with Gasteiger partial charge in [0, 0.05) is 27.9 Å². The Hall–Kier alpha value is -1.54. The minimum atomic E-state index is -0.513. The van der Waals surface area contributed by atoms with E-state index in [9.17, 15) is 5.11 Å². The van der Waals surface area contributed by atoms with Crippen LogP contribution >= 0.6 is 0 Å². The second-order valence-corrected chi connectivity index (χ2v) is 6.21. The van der Waals surface area contributed by atoms with Crippen LogP contribution < -0.4 is 9.47 Å². The van der Waals surface area contributed by atoms with Crippen LogP contribution in [0.15, 0.2) is 6.07 Å². The van der Waals surface area contributed by atoms with Gasteiger partial charge in [-0.2, -0.15) is 0 Å². The zero-order valence-corrected chi connectivity index (χ0v) is 16.0. The smallest absolute Gasteiger partial charge is 0.171 e. The summed E-state index contributed by atoms with van der Waals surface area (Å²) in [7, 11) is 4.76. The van der Waals surface area contributed by atoms with E-state index in [-0.39, 0.29) is 18.5 Å². The molecule has 26 heavy (non-hydrogen) atoms. The molecule has 2 N–H and O–H groups in total. The van der Waals surface area contributed by atoms with E-state index in [1.807, 2.05) is 6.92 Å². The Morgan fingerprint density at radius 1 is 1.15 bits per heavy atom. The molecule has 0 radical (unpaired) electrons. The number of aromatic hydroxyl groups is 1. The van der Waals surface area contributed by atoms with Gasteiger partial charge in [0.25, 0.3) is 0 Å². The van der Waals surface area contributed by atoms with Crippen molar-refractivity contribution in [1.29, 1.82) is 0 Å². The van der Waals surface area contributed by atoms with Gasteiger partial charge in [0.05, 0.1) is 18.8 Å². The van der Waals surface area contributed by atoms with Crippen LogP contribution in [-0.2, 0) is 20.6 Å². The summed E-state index contributed by atoms with van der Waals surface area (Å²) in [6.07, 6.45) is 0.714. The highest BCUT2D eigenvalue weighted by Gasteiger charge is 2.43. The Balaban J connectivity index is 2.52. The van der Waals surface area contributed by atoms with Crippen molar-refractivity contribution in [1.82, 2.24) is 0 Å². The molecule has 7 heteroatoms. The van der Waals surface area contributed by atoms with E-state index in [2.05, 4.69) is 0 Å². The molecule has 0 fully saturated rings. The normalized spacial score (nSPS) is 22.0. The maximum absolute atomic E-state index is 10.9. The van der Waals surface area contributed by atoms with E-state index in [1.165, 1.54) is 0 Å². The van der Waals surface area contributed by atoms with Gasteiger partial charge >= 0.3 is 0 Å². The van der Waals surface area contributed by atoms with E-state index >= 15 is 0 Å². The third-order valence-electron chi connectivity index (χ3n) is 4.56. The number of aryl methyl sites for hydroxylation is 1. The quantitative estimate of drug-likeness (QED) is 0.611. The molecule has 1 aromatic rings. The molecule has 0 bridgehead atoms. The molecule has 0 amide bonds. The highest BCUT2D eigenvalue weighted by molar-refractivity contribution is 5.60. The van der Waals surface area contributed by atoms with Crippen molar-refractivity contribution in [2.24, 2.45) is 0 Å². The first kappa shape index (κ1) is 20.8. The number of unbranched alkanes of at least 4 members (excludes halogenated alkanes) is 1. The van der Waals surface area contributed by atoms with Gasteiger partial charge in [-0.3, -0.25) is 0 Å². The molecular weight excluding hydrogens is 340 g/mol. The Morgan fingerprint density at radius 2 is 1.92 bits per heavy atom. The summed E-state index contributed by atoms with van der Waals surface area (Å²) in [4.78, 5) is 0. The largest absolute Gasteiger partial charge is 0.507 e. The third kappa shape index (κ3) is 4.23. The average Bonchev–Trinajstić information content (AvgIpc) is 2.64. The Labute approximate surface area is 154 Å². The highest BCUT2D eigenvalue weighted by atomic mass is 16.6. The lowest BCUT2D eigenvalue weighted by Gasteiger charge is -2.38. The SMILES string of the molecule is CCOc1cc(CCCCO)c(O)c2c1O[C@H](COC)[C@@H](OC)[C@@H]2OC. The van der Waals surface area contributed by atoms with Crippen LogP contribution in [0, 0.1) is 0 Å². The van der Waals surface area contributed by atoms with Crippen molar-refractivity contribution in [3.63, 3.8) is 0 Å². The summed E-state index contributed by atoms with van der Waals surface area (Å²) in [5, 5.41) is 19.9. The molecule has 2 rings (SSSR count). The zero-order chi connectivity index (χ0) is 19.1. The van der Waals surface area contributed by atoms with Gasteiger partial charge in [-0.05, 0) is 37.8 Å². The lowest BCUT2D eigenvalue weighted by atomic mass is 9.91. The number of fused-ring (bicyclic) bond motifs is 1. The summed E-state index contributed by atoms with van der Waals surface area (Å²) in [5.74, 6) is 1.17. The van der Waals surface area contributed by atoms with Gasteiger partial charge < -0.3 is 33.9 Å². The van der Waals surface area contributed by atoms with Crippen LogP contribution in [-0.4, -0.2) is 63.6 Å². The van der Waals surface area contributed by atoms with Gasteiger partial charge in [0.1, 0.15) is 18.0 Å². The fraction of sp³-hybridized carbons (Fsp3) is 0.684. The number of phenols is 1. The van der Waals surface area contributed by atoms with Gasteiger partial charge in [-0.15, -0.1) is 0 Å². The number of hydrogen-bond acceptors (Lipinski definition) is 7. The second kappa shape index (κ2) is 9.97. The van der Waals surface area contributed by atoms with Crippen molar-refractivity contribution in [3.8, 4) is 17.2 Å². The Kier molecular flexibility index (Phi) is 7.96. The summed E-state index contributed by atoms with van der Waals surface area (Å²) in [6.45, 7) is 2.81. The van der Waals surface area contributed by atoms with Crippen molar-refractivity contribution in [2.75, 3.05) is 41.2 Å².